The van der Waals surface area contributed by atoms with Crippen LogP contribution in [0.15, 0.2) is 54.9 Å². The number of anilines is 1. The summed E-state index contributed by atoms with van der Waals surface area (Å²) in [6.45, 7) is 2.80. The zero-order chi connectivity index (χ0) is 14.9. The van der Waals surface area contributed by atoms with Crippen molar-refractivity contribution in [1.82, 2.24) is 15.0 Å². The van der Waals surface area contributed by atoms with Gasteiger partial charge >= 0.3 is 0 Å². The van der Waals surface area contributed by atoms with Crippen LogP contribution in [0.5, 0.6) is 0 Å². The van der Waals surface area contributed by atoms with Crippen LogP contribution in [0.1, 0.15) is 11.3 Å². The van der Waals surface area contributed by atoms with E-state index in [0.717, 1.165) is 34.5 Å². The summed E-state index contributed by atoms with van der Waals surface area (Å²) in [6, 6.07) is 16.7. The molecule has 0 spiro atoms. The van der Waals surface area contributed by atoms with Crippen LogP contribution in [0.25, 0.3) is 21.9 Å². The highest BCUT2D eigenvalue weighted by atomic mass is 14.9. The first-order valence-corrected chi connectivity index (χ1v) is 7.31. The van der Waals surface area contributed by atoms with E-state index in [1.165, 1.54) is 10.9 Å². The van der Waals surface area contributed by atoms with Gasteiger partial charge in [-0.1, -0.05) is 12.1 Å². The Morgan fingerprint density at radius 3 is 2.86 bits per heavy atom. The van der Waals surface area contributed by atoms with Gasteiger partial charge in [0.2, 0.25) is 0 Å². The van der Waals surface area contributed by atoms with Crippen molar-refractivity contribution in [2.45, 2.75) is 13.5 Å². The van der Waals surface area contributed by atoms with Crippen molar-refractivity contribution in [2.24, 2.45) is 0 Å². The molecule has 2 heterocycles. The second-order valence-electron chi connectivity index (χ2n) is 5.47. The van der Waals surface area contributed by atoms with Crippen LogP contribution in [0.3, 0.4) is 0 Å². The van der Waals surface area contributed by atoms with Crippen LogP contribution in [-0.2, 0) is 6.54 Å². The van der Waals surface area contributed by atoms with Crippen molar-refractivity contribution >= 4 is 27.6 Å². The molecule has 0 aliphatic rings. The van der Waals surface area contributed by atoms with E-state index in [9.17, 15) is 0 Å². The van der Waals surface area contributed by atoms with Crippen LogP contribution < -0.4 is 5.32 Å². The first-order valence-electron chi connectivity index (χ1n) is 7.31. The highest BCUT2D eigenvalue weighted by Crippen LogP contribution is 2.18. The Morgan fingerprint density at radius 2 is 1.91 bits per heavy atom. The number of nitrogens with zero attached hydrogens (tertiary/aromatic N) is 2. The minimum absolute atomic E-state index is 0.781. The van der Waals surface area contributed by atoms with Crippen molar-refractivity contribution in [3.8, 4) is 0 Å². The number of aromatic amines is 1. The number of hydrogen-bond donors (Lipinski definition) is 2. The monoisotopic (exact) mass is 288 g/mol. The number of fused-ring (bicyclic) bond motifs is 2. The largest absolute Gasteiger partial charge is 0.381 e. The van der Waals surface area contributed by atoms with E-state index in [1.54, 1.807) is 6.33 Å². The molecule has 0 unspecified atom stereocenters. The van der Waals surface area contributed by atoms with E-state index in [2.05, 4.69) is 56.7 Å². The summed E-state index contributed by atoms with van der Waals surface area (Å²) in [5.41, 5.74) is 6.44. The molecular weight excluding hydrogens is 272 g/mol. The summed E-state index contributed by atoms with van der Waals surface area (Å²) in [4.78, 5) is 11.9. The van der Waals surface area contributed by atoms with Crippen molar-refractivity contribution in [1.29, 1.82) is 0 Å². The van der Waals surface area contributed by atoms with Gasteiger partial charge in [-0.3, -0.25) is 4.98 Å². The fourth-order valence-electron chi connectivity index (χ4n) is 2.64. The first-order chi connectivity index (χ1) is 10.8. The molecule has 0 atom stereocenters. The molecule has 4 aromatic rings. The van der Waals surface area contributed by atoms with Crippen molar-refractivity contribution in [3.05, 3.63) is 66.1 Å². The van der Waals surface area contributed by atoms with Gasteiger partial charge in [-0.25, -0.2) is 4.98 Å². The first kappa shape index (κ1) is 12.8. The van der Waals surface area contributed by atoms with Crippen molar-refractivity contribution in [3.63, 3.8) is 0 Å². The maximum absolute atomic E-state index is 4.53. The van der Waals surface area contributed by atoms with Gasteiger partial charge in [0.1, 0.15) is 0 Å². The number of H-pyrrole nitrogens is 1. The van der Waals surface area contributed by atoms with Crippen LogP contribution in [0, 0.1) is 6.92 Å². The lowest BCUT2D eigenvalue weighted by Gasteiger charge is -2.08. The molecule has 0 aliphatic heterocycles. The predicted molar refractivity (Wildman–Crippen MR) is 89.9 cm³/mol. The molecule has 4 rings (SSSR count). The van der Waals surface area contributed by atoms with Gasteiger partial charge < -0.3 is 10.3 Å². The van der Waals surface area contributed by atoms with E-state index in [0.29, 0.717) is 0 Å². The predicted octanol–water partition coefficient (Wildman–Crippen LogP) is 4.03. The topological polar surface area (TPSA) is 53.6 Å². The average molecular weight is 288 g/mol. The number of aromatic nitrogens is 3. The highest BCUT2D eigenvalue weighted by molar-refractivity contribution is 5.80. The summed E-state index contributed by atoms with van der Waals surface area (Å²) in [5.74, 6) is 0. The molecule has 0 saturated heterocycles. The molecule has 4 nitrogen and oxygen atoms in total. The molecule has 0 bridgehead atoms. The van der Waals surface area contributed by atoms with Gasteiger partial charge in [0, 0.05) is 23.3 Å². The fourth-order valence-corrected chi connectivity index (χ4v) is 2.64. The number of benzene rings is 2. The summed E-state index contributed by atoms with van der Waals surface area (Å²) >= 11 is 0. The molecule has 0 amide bonds. The summed E-state index contributed by atoms with van der Waals surface area (Å²) in [7, 11) is 0. The van der Waals surface area contributed by atoms with Gasteiger partial charge in [-0.05, 0) is 48.9 Å². The molecule has 4 heteroatoms. The SMILES string of the molecule is Cc1ccc2cc(CNc3ccc4nc[nH]c4c3)ccc2n1. The summed E-state index contributed by atoms with van der Waals surface area (Å²) < 4.78 is 0. The lowest BCUT2D eigenvalue weighted by Crippen LogP contribution is -1.99. The standard InChI is InChI=1S/C18H16N4/c1-12-2-4-14-8-13(3-6-16(14)22-12)10-19-15-5-7-17-18(9-15)21-11-20-17/h2-9,11,19H,10H2,1H3,(H,20,21). The normalized spacial score (nSPS) is 11.1. The maximum Gasteiger partial charge on any atom is 0.0931 e. The van der Waals surface area contributed by atoms with Gasteiger partial charge in [-0.15, -0.1) is 0 Å². The number of rotatable bonds is 3. The zero-order valence-corrected chi connectivity index (χ0v) is 12.3. The third-order valence-corrected chi connectivity index (χ3v) is 3.81. The summed E-state index contributed by atoms with van der Waals surface area (Å²) in [6.07, 6.45) is 1.72. The number of hydrogen-bond acceptors (Lipinski definition) is 3. The Bertz CT molecular complexity index is 956. The van der Waals surface area contributed by atoms with Gasteiger partial charge in [0.05, 0.1) is 22.9 Å². The molecule has 0 fully saturated rings. The zero-order valence-electron chi connectivity index (χ0n) is 12.3. The lowest BCUT2D eigenvalue weighted by atomic mass is 10.1. The minimum Gasteiger partial charge on any atom is -0.381 e. The molecule has 0 aliphatic carbocycles. The molecule has 2 aromatic heterocycles. The van der Waals surface area contributed by atoms with E-state index in [1.807, 2.05) is 19.1 Å². The number of nitrogens with one attached hydrogen (secondary N) is 2. The smallest absolute Gasteiger partial charge is 0.0931 e. The molecule has 2 aromatic carbocycles. The summed E-state index contributed by atoms with van der Waals surface area (Å²) in [5, 5.41) is 4.63. The van der Waals surface area contributed by atoms with Crippen LogP contribution >= 0.6 is 0 Å². The average Bonchev–Trinajstić information content (AvgIpc) is 3.00. The molecule has 0 saturated carbocycles. The Hall–Kier alpha value is -2.88. The van der Waals surface area contributed by atoms with Gasteiger partial charge in [0.25, 0.3) is 0 Å². The Morgan fingerprint density at radius 1 is 1.00 bits per heavy atom. The minimum atomic E-state index is 0.781. The lowest BCUT2D eigenvalue weighted by molar-refractivity contribution is 1.15. The molecular formula is C18H16N4. The van der Waals surface area contributed by atoms with E-state index in [4.69, 9.17) is 0 Å². The fraction of sp³-hybridized carbons (Fsp3) is 0.111. The number of aryl methyl sites for hydroxylation is 1. The maximum atomic E-state index is 4.53. The van der Waals surface area contributed by atoms with Crippen LogP contribution in [-0.4, -0.2) is 15.0 Å². The van der Waals surface area contributed by atoms with E-state index in [-0.39, 0.29) is 0 Å². The number of imidazole rings is 1. The molecule has 108 valence electrons. The third kappa shape index (κ3) is 2.39. The van der Waals surface area contributed by atoms with E-state index < -0.39 is 0 Å². The van der Waals surface area contributed by atoms with Crippen LogP contribution in [0.2, 0.25) is 0 Å². The number of pyridine rings is 1. The third-order valence-electron chi connectivity index (χ3n) is 3.81. The van der Waals surface area contributed by atoms with Crippen LogP contribution in [0.4, 0.5) is 5.69 Å². The van der Waals surface area contributed by atoms with Gasteiger partial charge in [-0.2, -0.15) is 0 Å². The van der Waals surface area contributed by atoms with E-state index >= 15 is 0 Å². The Balaban J connectivity index is 1.56. The Labute approximate surface area is 128 Å². The van der Waals surface area contributed by atoms with Gasteiger partial charge in [0.15, 0.2) is 0 Å². The Kier molecular flexibility index (Phi) is 3.00. The highest BCUT2D eigenvalue weighted by Gasteiger charge is 2.01. The molecule has 22 heavy (non-hydrogen) atoms. The quantitative estimate of drug-likeness (QED) is 0.598. The second kappa shape index (κ2) is 5.15. The molecule has 2 N–H and O–H groups in total. The van der Waals surface area contributed by atoms with Crippen molar-refractivity contribution < 1.29 is 0 Å². The van der Waals surface area contributed by atoms with Crippen molar-refractivity contribution in [2.75, 3.05) is 5.32 Å². The second-order valence-corrected chi connectivity index (χ2v) is 5.47. The molecule has 0 radical (unpaired) electrons.